The SMILES string of the molecule is Cc1ccc2c(c1)OC(C)(C)CC2NC(=O)c1ccc(CS(=O)(=O)N2CCCC2)cc1. The van der Waals surface area contributed by atoms with Gasteiger partial charge < -0.3 is 10.1 Å². The Labute approximate surface area is 184 Å². The summed E-state index contributed by atoms with van der Waals surface area (Å²) < 4.78 is 32.7. The van der Waals surface area contributed by atoms with Crippen molar-refractivity contribution in [1.82, 2.24) is 9.62 Å². The van der Waals surface area contributed by atoms with E-state index in [-0.39, 0.29) is 23.3 Å². The predicted octanol–water partition coefficient (Wildman–Crippen LogP) is 3.95. The van der Waals surface area contributed by atoms with Gasteiger partial charge in [0.2, 0.25) is 10.0 Å². The number of amides is 1. The van der Waals surface area contributed by atoms with E-state index in [9.17, 15) is 13.2 Å². The van der Waals surface area contributed by atoms with Crippen LogP contribution in [0.2, 0.25) is 0 Å². The molecule has 166 valence electrons. The molecule has 4 rings (SSSR count). The van der Waals surface area contributed by atoms with Crippen LogP contribution >= 0.6 is 0 Å². The maximum Gasteiger partial charge on any atom is 0.251 e. The van der Waals surface area contributed by atoms with E-state index in [4.69, 9.17) is 4.74 Å². The van der Waals surface area contributed by atoms with Crippen LogP contribution in [0.25, 0.3) is 0 Å². The number of hydrogen-bond acceptors (Lipinski definition) is 4. The van der Waals surface area contributed by atoms with Crippen LogP contribution in [0, 0.1) is 6.92 Å². The van der Waals surface area contributed by atoms with Crippen molar-refractivity contribution in [3.63, 3.8) is 0 Å². The smallest absolute Gasteiger partial charge is 0.251 e. The van der Waals surface area contributed by atoms with E-state index >= 15 is 0 Å². The van der Waals surface area contributed by atoms with E-state index in [0.29, 0.717) is 30.6 Å². The Morgan fingerprint density at radius 1 is 1.13 bits per heavy atom. The van der Waals surface area contributed by atoms with Gasteiger partial charge in [-0.1, -0.05) is 24.3 Å². The second-order valence-electron chi connectivity index (χ2n) is 9.19. The molecule has 0 aliphatic carbocycles. The van der Waals surface area contributed by atoms with Gasteiger partial charge in [-0.2, -0.15) is 0 Å². The highest BCUT2D eigenvalue weighted by molar-refractivity contribution is 7.88. The Hall–Kier alpha value is -2.38. The predicted molar refractivity (Wildman–Crippen MR) is 121 cm³/mol. The van der Waals surface area contributed by atoms with Gasteiger partial charge in [-0.05, 0) is 62.9 Å². The van der Waals surface area contributed by atoms with Crippen molar-refractivity contribution in [2.24, 2.45) is 0 Å². The van der Waals surface area contributed by atoms with Crippen LogP contribution in [-0.2, 0) is 15.8 Å². The Bertz CT molecular complexity index is 1070. The van der Waals surface area contributed by atoms with E-state index in [1.165, 1.54) is 0 Å². The number of nitrogens with zero attached hydrogens (tertiary/aromatic N) is 1. The van der Waals surface area contributed by atoms with Crippen LogP contribution in [0.5, 0.6) is 5.75 Å². The highest BCUT2D eigenvalue weighted by atomic mass is 32.2. The molecule has 0 saturated carbocycles. The van der Waals surface area contributed by atoms with Gasteiger partial charge >= 0.3 is 0 Å². The fourth-order valence-electron chi connectivity index (χ4n) is 4.35. The van der Waals surface area contributed by atoms with Crippen molar-refractivity contribution in [3.8, 4) is 5.75 Å². The zero-order valence-corrected chi connectivity index (χ0v) is 19.2. The first-order valence-corrected chi connectivity index (χ1v) is 12.4. The van der Waals surface area contributed by atoms with Crippen LogP contribution in [0.3, 0.4) is 0 Å². The summed E-state index contributed by atoms with van der Waals surface area (Å²) in [4.78, 5) is 12.9. The van der Waals surface area contributed by atoms with Crippen molar-refractivity contribution in [2.75, 3.05) is 13.1 Å². The Balaban J connectivity index is 1.47. The van der Waals surface area contributed by atoms with E-state index in [1.807, 2.05) is 39.0 Å². The Morgan fingerprint density at radius 2 is 1.81 bits per heavy atom. The molecule has 6 nitrogen and oxygen atoms in total. The summed E-state index contributed by atoms with van der Waals surface area (Å²) in [5.74, 6) is 0.600. The molecule has 2 aromatic carbocycles. The van der Waals surface area contributed by atoms with E-state index in [2.05, 4.69) is 5.32 Å². The van der Waals surface area contributed by atoms with Crippen molar-refractivity contribution >= 4 is 15.9 Å². The number of carbonyl (C=O) groups excluding carboxylic acids is 1. The van der Waals surface area contributed by atoms with Gasteiger partial charge in [-0.15, -0.1) is 0 Å². The lowest BCUT2D eigenvalue weighted by Crippen LogP contribution is -2.41. The van der Waals surface area contributed by atoms with E-state index in [1.54, 1.807) is 28.6 Å². The third-order valence-corrected chi connectivity index (χ3v) is 7.81. The summed E-state index contributed by atoms with van der Waals surface area (Å²) in [7, 11) is -3.30. The highest BCUT2D eigenvalue weighted by Crippen LogP contribution is 2.40. The molecule has 2 aliphatic rings. The van der Waals surface area contributed by atoms with Crippen LogP contribution in [0.4, 0.5) is 0 Å². The van der Waals surface area contributed by atoms with Crippen molar-refractivity contribution in [3.05, 3.63) is 64.7 Å². The van der Waals surface area contributed by atoms with Crippen LogP contribution in [0.1, 0.15) is 66.2 Å². The number of nitrogens with one attached hydrogen (secondary N) is 1. The number of rotatable bonds is 5. The molecule has 0 spiro atoms. The lowest BCUT2D eigenvalue weighted by Gasteiger charge is -2.38. The molecular formula is C24H30N2O4S. The van der Waals surface area contributed by atoms with Crippen molar-refractivity contribution in [1.29, 1.82) is 0 Å². The van der Waals surface area contributed by atoms with E-state index in [0.717, 1.165) is 29.7 Å². The summed E-state index contributed by atoms with van der Waals surface area (Å²) in [6.07, 6.45) is 2.51. The van der Waals surface area contributed by atoms with Gasteiger partial charge in [-0.3, -0.25) is 4.79 Å². The van der Waals surface area contributed by atoms with Crippen molar-refractivity contribution < 1.29 is 17.9 Å². The molecule has 0 aromatic heterocycles. The third-order valence-electron chi connectivity index (χ3n) is 5.96. The van der Waals surface area contributed by atoms with E-state index < -0.39 is 10.0 Å². The molecule has 1 fully saturated rings. The van der Waals surface area contributed by atoms with Crippen molar-refractivity contribution in [2.45, 2.75) is 57.4 Å². The van der Waals surface area contributed by atoms with Gasteiger partial charge in [0.15, 0.2) is 0 Å². The fourth-order valence-corrected chi connectivity index (χ4v) is 5.96. The first kappa shape index (κ1) is 21.8. The van der Waals surface area contributed by atoms with Gasteiger partial charge in [0.05, 0.1) is 11.8 Å². The van der Waals surface area contributed by atoms with Gasteiger partial charge in [-0.25, -0.2) is 12.7 Å². The first-order valence-electron chi connectivity index (χ1n) is 10.8. The highest BCUT2D eigenvalue weighted by Gasteiger charge is 2.34. The number of hydrogen-bond donors (Lipinski definition) is 1. The second kappa shape index (κ2) is 8.28. The summed E-state index contributed by atoms with van der Waals surface area (Å²) in [5.41, 5.74) is 2.91. The molecule has 1 unspecified atom stereocenters. The number of fused-ring (bicyclic) bond motifs is 1. The standard InChI is InChI=1S/C24H30N2O4S/c1-17-6-11-20-21(15-24(2,3)30-22(20)14-17)25-23(27)19-9-7-18(8-10-19)16-31(28,29)26-12-4-5-13-26/h6-11,14,21H,4-5,12-13,15-16H2,1-3H3,(H,25,27). The third kappa shape index (κ3) is 4.93. The topological polar surface area (TPSA) is 75.7 Å². The largest absolute Gasteiger partial charge is 0.487 e. The average molecular weight is 443 g/mol. The first-order chi connectivity index (χ1) is 14.6. The fraction of sp³-hybridized carbons (Fsp3) is 0.458. The Morgan fingerprint density at radius 3 is 2.48 bits per heavy atom. The number of carbonyl (C=O) groups is 1. The zero-order chi connectivity index (χ0) is 22.2. The Kier molecular flexibility index (Phi) is 5.83. The maximum atomic E-state index is 12.9. The molecule has 2 aliphatic heterocycles. The van der Waals surface area contributed by atoms with Crippen LogP contribution in [0.15, 0.2) is 42.5 Å². The lowest BCUT2D eigenvalue weighted by molar-refractivity contribution is 0.0619. The maximum absolute atomic E-state index is 12.9. The van der Waals surface area contributed by atoms with Gasteiger partial charge in [0, 0.05) is 30.6 Å². The molecule has 1 N–H and O–H groups in total. The minimum atomic E-state index is -3.30. The molecule has 7 heteroatoms. The second-order valence-corrected chi connectivity index (χ2v) is 11.2. The number of sulfonamides is 1. The van der Waals surface area contributed by atoms with Crippen LogP contribution < -0.4 is 10.1 Å². The molecule has 31 heavy (non-hydrogen) atoms. The molecule has 1 saturated heterocycles. The summed E-state index contributed by atoms with van der Waals surface area (Å²) in [6.45, 7) is 7.26. The number of ether oxygens (including phenoxy) is 1. The van der Waals surface area contributed by atoms with Gasteiger partial charge in [0.25, 0.3) is 5.91 Å². The molecule has 1 amide bonds. The minimum absolute atomic E-state index is 0.0320. The molecule has 0 bridgehead atoms. The molecule has 0 radical (unpaired) electrons. The summed E-state index contributed by atoms with van der Waals surface area (Å²) in [5, 5.41) is 3.13. The van der Waals surface area contributed by atoms with Crippen LogP contribution in [-0.4, -0.2) is 37.3 Å². The zero-order valence-electron chi connectivity index (χ0n) is 18.3. The summed E-state index contributed by atoms with van der Waals surface area (Å²) in [6, 6.07) is 12.7. The molecule has 2 heterocycles. The molecule has 1 atom stereocenters. The number of aryl methyl sites for hydroxylation is 1. The quantitative estimate of drug-likeness (QED) is 0.761. The normalized spacial score (nSPS) is 20.7. The molecule has 2 aromatic rings. The minimum Gasteiger partial charge on any atom is -0.487 e. The number of benzene rings is 2. The lowest BCUT2D eigenvalue weighted by atomic mass is 9.89. The molecular weight excluding hydrogens is 412 g/mol. The monoisotopic (exact) mass is 442 g/mol. The van der Waals surface area contributed by atoms with Gasteiger partial charge in [0.1, 0.15) is 11.4 Å². The average Bonchev–Trinajstić information content (AvgIpc) is 3.23. The summed E-state index contributed by atoms with van der Waals surface area (Å²) >= 11 is 0.